The Hall–Kier alpha value is -1.20. The van der Waals surface area contributed by atoms with E-state index in [2.05, 4.69) is 30.3 Å². The van der Waals surface area contributed by atoms with E-state index >= 15 is 0 Å². The lowest BCUT2D eigenvalue weighted by Gasteiger charge is -2.25. The first-order valence-corrected chi connectivity index (χ1v) is 7.74. The van der Waals surface area contributed by atoms with Gasteiger partial charge in [-0.25, -0.2) is 0 Å². The molecule has 0 aromatic heterocycles. The van der Waals surface area contributed by atoms with E-state index in [1.165, 1.54) is 0 Å². The molecule has 1 aromatic rings. The van der Waals surface area contributed by atoms with Gasteiger partial charge in [0.25, 0.3) is 0 Å². The zero-order valence-corrected chi connectivity index (χ0v) is 12.7. The molecule has 1 aromatic carbocycles. The van der Waals surface area contributed by atoms with Gasteiger partial charge in [-0.3, -0.25) is 4.90 Å². The zero-order valence-electron chi connectivity index (χ0n) is 11.8. The van der Waals surface area contributed by atoms with Gasteiger partial charge in [-0.15, -0.1) is 0 Å². The number of hydrogen-bond acceptors (Lipinski definition) is 4. The molecule has 0 amide bonds. The number of thioether (sulfide) groups is 1. The Labute approximate surface area is 119 Å². The van der Waals surface area contributed by atoms with E-state index in [4.69, 9.17) is 10.9 Å². The van der Waals surface area contributed by atoms with Crippen LogP contribution < -0.4 is 5.73 Å². The van der Waals surface area contributed by atoms with Crippen molar-refractivity contribution < 1.29 is 5.21 Å². The predicted molar refractivity (Wildman–Crippen MR) is 82.9 cm³/mol. The van der Waals surface area contributed by atoms with Gasteiger partial charge in [0.1, 0.15) is 0 Å². The third-order valence-electron chi connectivity index (χ3n) is 3.31. The van der Waals surface area contributed by atoms with Gasteiger partial charge in [0.15, 0.2) is 5.84 Å². The zero-order chi connectivity index (χ0) is 14.3. The molecule has 0 spiro atoms. The minimum absolute atomic E-state index is 0.167. The molecular weight excluding hydrogens is 258 g/mol. The predicted octanol–water partition coefficient (Wildman–Crippen LogP) is 2.35. The normalized spacial score (nSPS) is 13.8. The lowest BCUT2D eigenvalue weighted by molar-refractivity contribution is 0.245. The van der Waals surface area contributed by atoms with Crippen molar-refractivity contribution in [3.63, 3.8) is 0 Å². The van der Waals surface area contributed by atoms with Crippen LogP contribution >= 0.6 is 11.8 Å². The van der Waals surface area contributed by atoms with Crippen LogP contribution in [0.2, 0.25) is 0 Å². The Balaban J connectivity index is 2.76. The fourth-order valence-electron chi connectivity index (χ4n) is 1.90. The molecule has 0 heterocycles. The molecule has 1 unspecified atom stereocenters. The highest BCUT2D eigenvalue weighted by atomic mass is 32.2. The molecule has 5 heteroatoms. The van der Waals surface area contributed by atoms with Crippen molar-refractivity contribution in [3.05, 3.63) is 35.4 Å². The van der Waals surface area contributed by atoms with Gasteiger partial charge in [0, 0.05) is 18.2 Å². The molecule has 0 aliphatic carbocycles. The Morgan fingerprint density at radius 3 is 2.79 bits per heavy atom. The van der Waals surface area contributed by atoms with Crippen molar-refractivity contribution in [1.82, 2.24) is 4.90 Å². The molecule has 0 aliphatic rings. The van der Waals surface area contributed by atoms with Crippen molar-refractivity contribution in [2.75, 3.05) is 19.1 Å². The number of benzene rings is 1. The molecule has 106 valence electrons. The van der Waals surface area contributed by atoms with Crippen LogP contribution in [0.1, 0.15) is 24.5 Å². The van der Waals surface area contributed by atoms with Crippen LogP contribution in [0.25, 0.3) is 0 Å². The summed E-state index contributed by atoms with van der Waals surface area (Å²) in [6.07, 6.45) is 3.28. The number of amidine groups is 1. The number of oxime groups is 1. The van der Waals surface area contributed by atoms with Crippen molar-refractivity contribution in [1.29, 1.82) is 0 Å². The lowest BCUT2D eigenvalue weighted by Crippen LogP contribution is -2.30. The fourth-order valence-corrected chi connectivity index (χ4v) is 2.47. The summed E-state index contributed by atoms with van der Waals surface area (Å²) in [5.74, 6) is 1.33. The van der Waals surface area contributed by atoms with Crippen molar-refractivity contribution in [2.24, 2.45) is 10.9 Å². The second-order valence-electron chi connectivity index (χ2n) is 4.69. The summed E-state index contributed by atoms with van der Waals surface area (Å²) >= 11 is 1.87. The Morgan fingerprint density at radius 1 is 1.47 bits per heavy atom. The molecule has 0 bridgehead atoms. The molecule has 0 radical (unpaired) electrons. The van der Waals surface area contributed by atoms with E-state index in [1.54, 1.807) is 0 Å². The molecular formula is C14H23N3OS. The van der Waals surface area contributed by atoms with E-state index in [1.807, 2.05) is 36.0 Å². The third-order valence-corrected chi connectivity index (χ3v) is 3.96. The molecule has 3 N–H and O–H groups in total. The van der Waals surface area contributed by atoms with Gasteiger partial charge in [-0.2, -0.15) is 11.8 Å². The van der Waals surface area contributed by atoms with Gasteiger partial charge in [-0.1, -0.05) is 29.4 Å². The minimum atomic E-state index is 0.167. The van der Waals surface area contributed by atoms with Crippen LogP contribution in [-0.2, 0) is 6.54 Å². The summed E-state index contributed by atoms with van der Waals surface area (Å²) < 4.78 is 0. The van der Waals surface area contributed by atoms with Crippen molar-refractivity contribution in [3.8, 4) is 0 Å². The summed E-state index contributed by atoms with van der Waals surface area (Å²) in [5, 5.41) is 11.9. The fraction of sp³-hybridized carbons (Fsp3) is 0.500. The third kappa shape index (κ3) is 4.76. The highest BCUT2D eigenvalue weighted by Crippen LogP contribution is 2.14. The van der Waals surface area contributed by atoms with Crippen LogP contribution in [0.3, 0.4) is 0 Å². The van der Waals surface area contributed by atoms with E-state index in [9.17, 15) is 0 Å². The highest BCUT2D eigenvalue weighted by molar-refractivity contribution is 7.98. The summed E-state index contributed by atoms with van der Waals surface area (Å²) in [5.41, 5.74) is 7.59. The number of nitrogens with zero attached hydrogens (tertiary/aromatic N) is 2. The lowest BCUT2D eigenvalue weighted by atomic mass is 10.1. The number of nitrogens with two attached hydrogens (primary N) is 1. The summed E-state index contributed by atoms with van der Waals surface area (Å²) in [6, 6.07) is 8.28. The van der Waals surface area contributed by atoms with Gasteiger partial charge in [0.05, 0.1) is 0 Å². The first kappa shape index (κ1) is 15.9. The van der Waals surface area contributed by atoms with Gasteiger partial charge < -0.3 is 10.9 Å². The smallest absolute Gasteiger partial charge is 0.170 e. The molecule has 0 saturated heterocycles. The number of hydrogen-bond donors (Lipinski definition) is 2. The van der Waals surface area contributed by atoms with Crippen LogP contribution in [0.4, 0.5) is 0 Å². The first-order valence-electron chi connectivity index (χ1n) is 6.35. The molecule has 0 aliphatic heterocycles. The van der Waals surface area contributed by atoms with E-state index in [0.29, 0.717) is 6.04 Å². The first-order chi connectivity index (χ1) is 9.10. The summed E-state index contributed by atoms with van der Waals surface area (Å²) in [7, 11) is 2.11. The maximum atomic E-state index is 8.82. The number of rotatable bonds is 7. The van der Waals surface area contributed by atoms with Crippen LogP contribution in [-0.4, -0.2) is 41.0 Å². The highest BCUT2D eigenvalue weighted by Gasteiger charge is 2.12. The van der Waals surface area contributed by atoms with Crippen LogP contribution in [0.15, 0.2) is 29.4 Å². The van der Waals surface area contributed by atoms with Crippen LogP contribution in [0.5, 0.6) is 0 Å². The maximum Gasteiger partial charge on any atom is 0.170 e. The van der Waals surface area contributed by atoms with Crippen molar-refractivity contribution in [2.45, 2.75) is 25.9 Å². The maximum absolute atomic E-state index is 8.82. The van der Waals surface area contributed by atoms with E-state index in [0.717, 1.165) is 29.8 Å². The SMILES string of the molecule is CSCCC(C)N(C)Cc1ccccc1/C(N)=N/O. The average molecular weight is 281 g/mol. The summed E-state index contributed by atoms with van der Waals surface area (Å²) in [4.78, 5) is 2.29. The average Bonchev–Trinajstić information content (AvgIpc) is 2.44. The summed E-state index contributed by atoms with van der Waals surface area (Å²) in [6.45, 7) is 3.02. The largest absolute Gasteiger partial charge is 0.409 e. The van der Waals surface area contributed by atoms with Gasteiger partial charge >= 0.3 is 0 Å². The minimum Gasteiger partial charge on any atom is -0.409 e. The second-order valence-corrected chi connectivity index (χ2v) is 5.67. The Morgan fingerprint density at radius 2 is 2.16 bits per heavy atom. The molecule has 4 nitrogen and oxygen atoms in total. The monoisotopic (exact) mass is 281 g/mol. The van der Waals surface area contributed by atoms with E-state index < -0.39 is 0 Å². The van der Waals surface area contributed by atoms with Gasteiger partial charge in [-0.05, 0) is 38.0 Å². The quantitative estimate of drug-likeness (QED) is 0.348. The standard InChI is InChI=1S/C14H23N3OS/c1-11(8-9-19-3)17(2)10-12-6-4-5-7-13(12)14(15)16-18/h4-7,11,18H,8-10H2,1-3H3,(H2,15,16). The molecule has 1 atom stereocenters. The van der Waals surface area contributed by atoms with Crippen molar-refractivity contribution >= 4 is 17.6 Å². The molecule has 0 saturated carbocycles. The molecule has 19 heavy (non-hydrogen) atoms. The molecule has 0 fully saturated rings. The topological polar surface area (TPSA) is 61.8 Å². The Kier molecular flexibility index (Phi) is 6.73. The van der Waals surface area contributed by atoms with Crippen LogP contribution in [0, 0.1) is 0 Å². The van der Waals surface area contributed by atoms with E-state index in [-0.39, 0.29) is 5.84 Å². The molecule has 1 rings (SSSR count). The Bertz CT molecular complexity index is 423. The second kappa shape index (κ2) is 8.07. The van der Waals surface area contributed by atoms with Gasteiger partial charge in [0.2, 0.25) is 0 Å².